The number of carbonyl (C=O) groups excluding carboxylic acids is 1. The van der Waals surface area contributed by atoms with Crippen LogP contribution in [0.2, 0.25) is 10.0 Å². The van der Waals surface area contributed by atoms with E-state index in [0.29, 0.717) is 33.7 Å². The molecule has 0 aliphatic heterocycles. The Morgan fingerprint density at radius 3 is 2.47 bits per heavy atom. The molecule has 0 fully saturated rings. The summed E-state index contributed by atoms with van der Waals surface area (Å²) in [6.07, 6.45) is 1.67. The molecule has 2 aromatic carbocycles. The van der Waals surface area contributed by atoms with Crippen LogP contribution in [0, 0.1) is 13.8 Å². The number of nitrogens with zero attached hydrogens (tertiary/aromatic N) is 4. The van der Waals surface area contributed by atoms with E-state index in [-0.39, 0.29) is 18.3 Å². The van der Waals surface area contributed by atoms with Gasteiger partial charge in [-0.25, -0.2) is 4.68 Å². The lowest BCUT2D eigenvalue weighted by molar-refractivity contribution is 0.102. The van der Waals surface area contributed by atoms with E-state index in [0.717, 1.165) is 11.3 Å². The third-order valence-electron chi connectivity index (χ3n) is 4.96. The zero-order chi connectivity index (χ0) is 22.7. The van der Waals surface area contributed by atoms with Gasteiger partial charge in [0.05, 0.1) is 28.6 Å². The van der Waals surface area contributed by atoms with E-state index in [1.54, 1.807) is 24.4 Å². The molecule has 4 rings (SSSR count). The summed E-state index contributed by atoms with van der Waals surface area (Å²) in [7, 11) is 0. The number of carbonyl (C=O) groups is 1. The molecule has 7 nitrogen and oxygen atoms in total. The average Bonchev–Trinajstić information content (AvgIpc) is 3.35. The van der Waals surface area contributed by atoms with Crippen LogP contribution in [-0.4, -0.2) is 25.5 Å². The topological polar surface area (TPSA) is 74.0 Å². The number of aryl methyl sites for hydroxylation is 1. The fraction of sp³-hybridized carbons (Fsp3) is 0.174. The molecule has 32 heavy (non-hydrogen) atoms. The molecule has 2 aromatic heterocycles. The van der Waals surface area contributed by atoms with E-state index in [1.807, 2.05) is 54.9 Å². The molecule has 0 aliphatic carbocycles. The van der Waals surface area contributed by atoms with Gasteiger partial charge in [-0.15, -0.1) is 0 Å². The number of aromatic nitrogens is 4. The number of halogens is 2. The summed E-state index contributed by atoms with van der Waals surface area (Å²) >= 11 is 12.4. The maximum absolute atomic E-state index is 12.8. The number of anilines is 1. The summed E-state index contributed by atoms with van der Waals surface area (Å²) in [5.74, 6) is 0.220. The lowest BCUT2D eigenvalue weighted by atomic mass is 10.2. The lowest BCUT2D eigenvalue weighted by Gasteiger charge is -2.08. The lowest BCUT2D eigenvalue weighted by Crippen LogP contribution is -2.15. The molecule has 0 bridgehead atoms. The highest BCUT2D eigenvalue weighted by Crippen LogP contribution is 2.24. The molecular weight excluding hydrogens is 449 g/mol. The van der Waals surface area contributed by atoms with Crippen molar-refractivity contribution in [2.75, 3.05) is 5.32 Å². The molecule has 2 heterocycles. The van der Waals surface area contributed by atoms with Crippen LogP contribution in [0.25, 0.3) is 0 Å². The Hall–Kier alpha value is -3.29. The molecule has 1 amide bonds. The summed E-state index contributed by atoms with van der Waals surface area (Å²) in [5, 5.41) is 12.9. The molecule has 164 valence electrons. The molecule has 0 atom stereocenters. The van der Waals surface area contributed by atoms with Crippen LogP contribution in [0.1, 0.15) is 27.4 Å². The van der Waals surface area contributed by atoms with Gasteiger partial charge in [0.25, 0.3) is 5.91 Å². The van der Waals surface area contributed by atoms with Gasteiger partial charge in [-0.05, 0) is 43.7 Å². The fourth-order valence-corrected chi connectivity index (χ4v) is 3.64. The molecule has 0 saturated heterocycles. The monoisotopic (exact) mass is 469 g/mol. The maximum Gasteiger partial charge on any atom is 0.276 e. The first-order valence-electron chi connectivity index (χ1n) is 9.92. The average molecular weight is 470 g/mol. The maximum atomic E-state index is 12.8. The first-order valence-corrected chi connectivity index (χ1v) is 10.7. The van der Waals surface area contributed by atoms with Crippen molar-refractivity contribution < 1.29 is 9.53 Å². The van der Waals surface area contributed by atoms with Crippen LogP contribution in [0.3, 0.4) is 0 Å². The second kappa shape index (κ2) is 9.46. The number of amides is 1. The molecule has 0 spiro atoms. The smallest absolute Gasteiger partial charge is 0.276 e. The van der Waals surface area contributed by atoms with E-state index >= 15 is 0 Å². The number of para-hydroxylation sites is 1. The Morgan fingerprint density at radius 2 is 1.72 bits per heavy atom. The van der Waals surface area contributed by atoms with E-state index in [9.17, 15) is 4.79 Å². The molecule has 0 aliphatic rings. The summed E-state index contributed by atoms with van der Waals surface area (Å²) in [6.45, 7) is 4.39. The van der Waals surface area contributed by atoms with E-state index in [1.165, 1.54) is 4.68 Å². The van der Waals surface area contributed by atoms with Gasteiger partial charge < -0.3 is 10.1 Å². The van der Waals surface area contributed by atoms with Crippen LogP contribution < -0.4 is 10.1 Å². The Labute approximate surface area is 195 Å². The van der Waals surface area contributed by atoms with Crippen molar-refractivity contribution in [1.29, 1.82) is 0 Å². The summed E-state index contributed by atoms with van der Waals surface area (Å²) < 4.78 is 9.00. The Kier molecular flexibility index (Phi) is 6.48. The zero-order valence-electron chi connectivity index (χ0n) is 17.5. The molecule has 0 saturated carbocycles. The fourth-order valence-electron chi connectivity index (χ4n) is 3.25. The Balaban J connectivity index is 1.44. The van der Waals surface area contributed by atoms with Crippen molar-refractivity contribution in [3.63, 3.8) is 0 Å². The van der Waals surface area contributed by atoms with Gasteiger partial charge in [-0.1, -0.05) is 53.5 Å². The van der Waals surface area contributed by atoms with E-state index < -0.39 is 0 Å². The number of ether oxygens (including phenoxy) is 1. The van der Waals surface area contributed by atoms with Crippen LogP contribution >= 0.6 is 23.2 Å². The highest BCUT2D eigenvalue weighted by atomic mass is 35.5. The normalized spacial score (nSPS) is 10.9. The Bertz CT molecular complexity index is 1270. The van der Waals surface area contributed by atoms with Crippen LogP contribution in [-0.2, 0) is 13.3 Å². The largest absolute Gasteiger partial charge is 0.470 e. The van der Waals surface area contributed by atoms with E-state index in [2.05, 4.69) is 15.5 Å². The van der Waals surface area contributed by atoms with Crippen molar-refractivity contribution in [2.24, 2.45) is 0 Å². The minimum atomic E-state index is -0.329. The highest BCUT2D eigenvalue weighted by Gasteiger charge is 2.17. The molecule has 0 radical (unpaired) electrons. The standard InChI is InChI=1S/C23H21Cl2N5O2/c1-15-22(16(2)30(27-15)13-17-7-3-4-8-18(17)24)26-23(31)20-11-12-29(28-20)14-32-21-10-6-5-9-19(21)25/h3-12H,13-14H2,1-2H3,(H,26,31). The van der Waals surface area contributed by atoms with Gasteiger partial charge >= 0.3 is 0 Å². The second-order valence-electron chi connectivity index (χ2n) is 7.19. The second-order valence-corrected chi connectivity index (χ2v) is 8.01. The third-order valence-corrected chi connectivity index (χ3v) is 5.64. The van der Waals surface area contributed by atoms with Crippen molar-refractivity contribution in [3.8, 4) is 5.75 Å². The number of hydrogen-bond acceptors (Lipinski definition) is 4. The summed E-state index contributed by atoms with van der Waals surface area (Å²) in [4.78, 5) is 12.8. The molecule has 4 aromatic rings. The van der Waals surface area contributed by atoms with E-state index in [4.69, 9.17) is 27.9 Å². The number of hydrogen-bond donors (Lipinski definition) is 1. The van der Waals surface area contributed by atoms with Crippen LogP contribution in [0.5, 0.6) is 5.75 Å². The first kappa shape index (κ1) is 21.9. The van der Waals surface area contributed by atoms with Gasteiger partial charge in [-0.3, -0.25) is 9.48 Å². The van der Waals surface area contributed by atoms with Gasteiger partial charge in [0.15, 0.2) is 12.4 Å². The van der Waals surface area contributed by atoms with Crippen LogP contribution in [0.15, 0.2) is 60.8 Å². The predicted octanol–water partition coefficient (Wildman–Crippen LogP) is 5.34. The van der Waals surface area contributed by atoms with Crippen molar-refractivity contribution in [1.82, 2.24) is 19.6 Å². The van der Waals surface area contributed by atoms with Gasteiger partial charge in [-0.2, -0.15) is 10.2 Å². The van der Waals surface area contributed by atoms with Gasteiger partial charge in [0.1, 0.15) is 5.75 Å². The third kappa shape index (κ3) is 4.79. The zero-order valence-corrected chi connectivity index (χ0v) is 19.1. The number of benzene rings is 2. The Morgan fingerprint density at radius 1 is 1.00 bits per heavy atom. The molecular formula is C23H21Cl2N5O2. The van der Waals surface area contributed by atoms with Crippen molar-refractivity contribution in [3.05, 3.63) is 93.5 Å². The van der Waals surface area contributed by atoms with Crippen LogP contribution in [0.4, 0.5) is 5.69 Å². The van der Waals surface area contributed by atoms with Gasteiger partial charge in [0.2, 0.25) is 0 Å². The SMILES string of the molecule is Cc1nn(Cc2ccccc2Cl)c(C)c1NC(=O)c1ccn(COc2ccccc2Cl)n1. The molecule has 1 N–H and O–H groups in total. The van der Waals surface area contributed by atoms with Gasteiger partial charge in [0, 0.05) is 11.2 Å². The minimum Gasteiger partial charge on any atom is -0.470 e. The van der Waals surface area contributed by atoms with Crippen molar-refractivity contribution in [2.45, 2.75) is 27.1 Å². The molecule has 0 unspecified atom stereocenters. The number of nitrogens with one attached hydrogen (secondary N) is 1. The van der Waals surface area contributed by atoms with Crippen molar-refractivity contribution >= 4 is 34.8 Å². The first-order chi connectivity index (χ1) is 15.4. The minimum absolute atomic E-state index is 0.130. The molecule has 9 heteroatoms. The quantitative estimate of drug-likeness (QED) is 0.396. The highest BCUT2D eigenvalue weighted by molar-refractivity contribution is 6.32. The summed E-state index contributed by atoms with van der Waals surface area (Å²) in [5.41, 5.74) is 3.42. The predicted molar refractivity (Wildman–Crippen MR) is 125 cm³/mol. The summed E-state index contributed by atoms with van der Waals surface area (Å²) in [6, 6.07) is 16.4. The number of rotatable bonds is 7.